The number of oxime groups is 1. The lowest BCUT2D eigenvalue weighted by atomic mass is 10.1. The van der Waals surface area contributed by atoms with E-state index in [-0.39, 0.29) is 5.92 Å². The topological polar surface area (TPSA) is 63.3 Å². The Hall–Kier alpha value is -2.02. The van der Waals surface area contributed by atoms with Crippen LogP contribution in [-0.2, 0) is 6.54 Å². The van der Waals surface area contributed by atoms with Gasteiger partial charge in [-0.2, -0.15) is 0 Å². The van der Waals surface area contributed by atoms with Gasteiger partial charge in [-0.25, -0.2) is 4.98 Å². The van der Waals surface area contributed by atoms with Gasteiger partial charge in [-0.15, -0.1) is 0 Å². The summed E-state index contributed by atoms with van der Waals surface area (Å²) < 4.78 is 2.02. The fourth-order valence-corrected chi connectivity index (χ4v) is 4.53. The smallest absolute Gasteiger partial charge is 0.156 e. The van der Waals surface area contributed by atoms with Crippen molar-refractivity contribution in [2.24, 2.45) is 5.16 Å². The Balaban J connectivity index is 2.10. The van der Waals surface area contributed by atoms with E-state index in [1.165, 1.54) is 18.0 Å². The van der Waals surface area contributed by atoms with Crippen LogP contribution in [-0.4, -0.2) is 26.0 Å². The highest BCUT2D eigenvalue weighted by molar-refractivity contribution is 7.99. The maximum absolute atomic E-state index is 9.08. The van der Waals surface area contributed by atoms with E-state index >= 15 is 0 Å². The van der Waals surface area contributed by atoms with Gasteiger partial charge < -0.3 is 9.77 Å². The third-order valence-electron chi connectivity index (χ3n) is 3.84. The van der Waals surface area contributed by atoms with E-state index in [0.717, 1.165) is 21.2 Å². The van der Waals surface area contributed by atoms with Gasteiger partial charge in [-0.05, 0) is 41.8 Å². The van der Waals surface area contributed by atoms with E-state index in [9.17, 15) is 0 Å². The van der Waals surface area contributed by atoms with E-state index < -0.39 is 0 Å². The molecule has 1 aromatic carbocycles. The van der Waals surface area contributed by atoms with Crippen molar-refractivity contribution in [3.05, 3.63) is 69.9 Å². The van der Waals surface area contributed by atoms with Crippen LogP contribution in [0.2, 0.25) is 10.0 Å². The molecule has 27 heavy (non-hydrogen) atoms. The van der Waals surface area contributed by atoms with Crippen molar-refractivity contribution in [2.45, 2.75) is 36.2 Å². The number of hydrogen-bond donors (Lipinski definition) is 1. The van der Waals surface area contributed by atoms with Crippen LogP contribution in [0.15, 0.2) is 57.8 Å². The molecular weight excluding hydrogens is 403 g/mol. The molecule has 1 N–H and O–H groups in total. The molecule has 8 heteroatoms. The molecule has 0 radical (unpaired) electrons. The average Bonchev–Trinajstić information content (AvgIpc) is 2.93. The second kappa shape index (κ2) is 8.78. The van der Waals surface area contributed by atoms with Gasteiger partial charge in [-0.1, -0.05) is 54.0 Å². The summed E-state index contributed by atoms with van der Waals surface area (Å²) in [7, 11) is 0. The quantitative estimate of drug-likeness (QED) is 0.314. The molecule has 0 saturated carbocycles. The zero-order chi connectivity index (χ0) is 19.4. The molecular formula is C19H18Cl2N4OS. The summed E-state index contributed by atoms with van der Waals surface area (Å²) in [4.78, 5) is 9.67. The number of benzene rings is 1. The summed E-state index contributed by atoms with van der Waals surface area (Å²) in [6, 6.07) is 9.32. The molecule has 5 nitrogen and oxygen atoms in total. The first-order chi connectivity index (χ1) is 13.0. The summed E-state index contributed by atoms with van der Waals surface area (Å²) >= 11 is 13.9. The van der Waals surface area contributed by atoms with Gasteiger partial charge in [0, 0.05) is 27.3 Å². The van der Waals surface area contributed by atoms with E-state index in [1.54, 1.807) is 18.5 Å². The standard InChI is InChI=1S/C19H18Cl2N4OS/c1-12(2)18-19(27-16-8-14(20)7-15(21)9-16)25(17(24-18)10-23-26)11-13-3-5-22-6-4-13/h3-10,12,26H,11H2,1-2H3/b23-10+. The number of hydrogen-bond acceptors (Lipinski definition) is 5. The monoisotopic (exact) mass is 420 g/mol. The van der Waals surface area contributed by atoms with Crippen molar-refractivity contribution >= 4 is 41.2 Å². The number of pyridine rings is 1. The predicted molar refractivity (Wildman–Crippen MR) is 110 cm³/mol. The highest BCUT2D eigenvalue weighted by atomic mass is 35.5. The Morgan fingerprint density at radius 1 is 1.19 bits per heavy atom. The molecule has 0 atom stereocenters. The first-order valence-electron chi connectivity index (χ1n) is 8.28. The maximum Gasteiger partial charge on any atom is 0.156 e. The maximum atomic E-state index is 9.08. The Labute approximate surface area is 172 Å². The largest absolute Gasteiger partial charge is 0.411 e. The Morgan fingerprint density at radius 3 is 2.44 bits per heavy atom. The van der Waals surface area contributed by atoms with Crippen molar-refractivity contribution in [2.75, 3.05) is 0 Å². The Morgan fingerprint density at radius 2 is 1.85 bits per heavy atom. The van der Waals surface area contributed by atoms with Crippen molar-refractivity contribution < 1.29 is 5.21 Å². The first kappa shape index (κ1) is 19.7. The molecule has 2 heterocycles. The molecule has 3 rings (SSSR count). The lowest BCUT2D eigenvalue weighted by Gasteiger charge is -2.13. The van der Waals surface area contributed by atoms with Crippen LogP contribution in [0.4, 0.5) is 0 Å². The van der Waals surface area contributed by atoms with Crippen LogP contribution >= 0.6 is 35.0 Å². The molecule has 2 aromatic heterocycles. The SMILES string of the molecule is CC(C)c1nc(/C=N/O)n(Cc2ccncc2)c1Sc1cc(Cl)cc(Cl)c1. The molecule has 0 aliphatic carbocycles. The second-order valence-electron chi connectivity index (χ2n) is 6.21. The molecule has 0 spiro atoms. The van der Waals surface area contributed by atoms with Gasteiger partial charge in [0.15, 0.2) is 5.82 Å². The number of halogens is 2. The van der Waals surface area contributed by atoms with Gasteiger partial charge in [0.05, 0.1) is 12.2 Å². The molecule has 0 unspecified atom stereocenters. The van der Waals surface area contributed by atoms with E-state index in [4.69, 9.17) is 28.4 Å². The summed E-state index contributed by atoms with van der Waals surface area (Å²) in [5.74, 6) is 0.764. The van der Waals surface area contributed by atoms with Crippen molar-refractivity contribution in [1.82, 2.24) is 14.5 Å². The number of rotatable bonds is 6. The summed E-state index contributed by atoms with van der Waals surface area (Å²) in [6.07, 6.45) is 4.85. The molecule has 0 saturated heterocycles. The third kappa shape index (κ3) is 4.83. The van der Waals surface area contributed by atoms with Crippen molar-refractivity contribution in [1.29, 1.82) is 0 Å². The van der Waals surface area contributed by atoms with Crippen LogP contribution in [0, 0.1) is 0 Å². The van der Waals surface area contributed by atoms with Crippen LogP contribution in [0.5, 0.6) is 0 Å². The third-order valence-corrected chi connectivity index (χ3v) is 5.37. The highest BCUT2D eigenvalue weighted by Crippen LogP contribution is 2.37. The fourth-order valence-electron chi connectivity index (χ4n) is 2.63. The second-order valence-corrected chi connectivity index (χ2v) is 8.14. The molecule has 0 aliphatic heterocycles. The van der Waals surface area contributed by atoms with Gasteiger partial charge in [0.2, 0.25) is 0 Å². The number of nitrogens with zero attached hydrogens (tertiary/aromatic N) is 4. The van der Waals surface area contributed by atoms with Gasteiger partial charge >= 0.3 is 0 Å². The fraction of sp³-hybridized carbons (Fsp3) is 0.211. The van der Waals surface area contributed by atoms with Crippen molar-refractivity contribution in [3.8, 4) is 0 Å². The van der Waals surface area contributed by atoms with E-state index in [1.807, 2.05) is 28.8 Å². The summed E-state index contributed by atoms with van der Waals surface area (Å²) in [6.45, 7) is 4.72. The lowest BCUT2D eigenvalue weighted by molar-refractivity contribution is 0.321. The Kier molecular flexibility index (Phi) is 6.42. The molecule has 0 fully saturated rings. The first-order valence-corrected chi connectivity index (χ1v) is 9.86. The molecule has 140 valence electrons. The van der Waals surface area contributed by atoms with E-state index in [0.29, 0.717) is 22.4 Å². The lowest BCUT2D eigenvalue weighted by Crippen LogP contribution is -2.06. The number of imidazole rings is 1. The summed E-state index contributed by atoms with van der Waals surface area (Å²) in [5.41, 5.74) is 1.98. The van der Waals surface area contributed by atoms with Crippen LogP contribution in [0.1, 0.15) is 36.8 Å². The minimum Gasteiger partial charge on any atom is -0.411 e. The summed E-state index contributed by atoms with van der Waals surface area (Å²) in [5, 5.41) is 14.4. The molecule has 0 bridgehead atoms. The van der Waals surface area contributed by atoms with Crippen LogP contribution in [0.3, 0.4) is 0 Å². The minimum atomic E-state index is 0.187. The average molecular weight is 421 g/mol. The van der Waals surface area contributed by atoms with Gasteiger partial charge in [-0.3, -0.25) is 4.98 Å². The molecule has 3 aromatic rings. The van der Waals surface area contributed by atoms with Crippen LogP contribution in [0.25, 0.3) is 0 Å². The normalized spacial score (nSPS) is 11.6. The van der Waals surface area contributed by atoms with Crippen molar-refractivity contribution in [3.63, 3.8) is 0 Å². The Bertz CT molecular complexity index is 938. The van der Waals surface area contributed by atoms with Gasteiger partial charge in [0.1, 0.15) is 11.2 Å². The molecule has 0 amide bonds. The zero-order valence-corrected chi connectivity index (χ0v) is 17.1. The highest BCUT2D eigenvalue weighted by Gasteiger charge is 2.20. The predicted octanol–water partition coefficient (Wildman–Crippen LogP) is 5.72. The van der Waals surface area contributed by atoms with E-state index in [2.05, 4.69) is 29.0 Å². The minimum absolute atomic E-state index is 0.187. The zero-order valence-electron chi connectivity index (χ0n) is 14.8. The number of aromatic nitrogens is 3. The van der Waals surface area contributed by atoms with Gasteiger partial charge in [0.25, 0.3) is 0 Å². The van der Waals surface area contributed by atoms with Crippen LogP contribution < -0.4 is 0 Å². The molecule has 0 aliphatic rings.